The van der Waals surface area contributed by atoms with Crippen molar-refractivity contribution in [2.24, 2.45) is 11.8 Å². The quantitative estimate of drug-likeness (QED) is 0.881. The average Bonchev–Trinajstić information content (AvgIpc) is 3.19. The molecule has 5 nitrogen and oxygen atoms in total. The van der Waals surface area contributed by atoms with Crippen LogP contribution < -0.4 is 4.74 Å². The lowest BCUT2D eigenvalue weighted by atomic mass is 9.89. The van der Waals surface area contributed by atoms with Crippen LogP contribution in [-0.4, -0.2) is 47.6 Å². The topological polar surface area (TPSA) is 58.2 Å². The van der Waals surface area contributed by atoms with E-state index in [4.69, 9.17) is 4.74 Å². The Kier molecular flexibility index (Phi) is 3.18. The number of fused-ring (bicyclic) bond motifs is 3. The second-order valence-corrected chi connectivity index (χ2v) is 6.70. The molecule has 3 atom stereocenters. The maximum Gasteiger partial charge on any atom is 0.183 e. The number of carbonyl (C=O) groups is 1. The number of piperidine rings is 1. The van der Waals surface area contributed by atoms with Gasteiger partial charge in [-0.2, -0.15) is 5.10 Å². The van der Waals surface area contributed by atoms with Gasteiger partial charge >= 0.3 is 0 Å². The van der Waals surface area contributed by atoms with Crippen molar-refractivity contribution in [1.29, 1.82) is 0 Å². The van der Waals surface area contributed by atoms with E-state index >= 15 is 0 Å². The standard InChI is InChI=1S/C17H21N3O2/c1-20-9-11-6-12(20)5-10(11)7-16(21)17-14-8-13(22-2)3-4-15(14)18-19-17/h3-4,8,10-12H,5-7,9H2,1-2H3,(H,18,19). The molecule has 1 aliphatic heterocycles. The first-order valence-electron chi connectivity index (χ1n) is 7.91. The zero-order chi connectivity index (χ0) is 15.3. The highest BCUT2D eigenvalue weighted by Gasteiger charge is 2.43. The van der Waals surface area contributed by atoms with E-state index < -0.39 is 0 Å². The lowest BCUT2D eigenvalue weighted by Gasteiger charge is -2.27. The third kappa shape index (κ3) is 2.11. The molecule has 22 heavy (non-hydrogen) atoms. The van der Waals surface area contributed by atoms with Crippen molar-refractivity contribution in [3.63, 3.8) is 0 Å². The first-order valence-corrected chi connectivity index (χ1v) is 7.91. The van der Waals surface area contributed by atoms with Crippen LogP contribution in [0, 0.1) is 11.8 Å². The average molecular weight is 299 g/mol. The van der Waals surface area contributed by atoms with Crippen LogP contribution in [0.1, 0.15) is 29.8 Å². The van der Waals surface area contributed by atoms with E-state index in [9.17, 15) is 4.79 Å². The number of nitrogens with one attached hydrogen (secondary N) is 1. The van der Waals surface area contributed by atoms with Crippen molar-refractivity contribution in [3.05, 3.63) is 23.9 Å². The summed E-state index contributed by atoms with van der Waals surface area (Å²) in [6.07, 6.45) is 3.02. The van der Waals surface area contributed by atoms with Crippen LogP contribution in [0.2, 0.25) is 0 Å². The van der Waals surface area contributed by atoms with Crippen molar-refractivity contribution in [3.8, 4) is 5.75 Å². The molecule has 1 aromatic heterocycles. The molecule has 1 N–H and O–H groups in total. The molecule has 1 aliphatic carbocycles. The summed E-state index contributed by atoms with van der Waals surface area (Å²) >= 11 is 0. The number of nitrogens with zero attached hydrogens (tertiary/aromatic N) is 2. The van der Waals surface area contributed by atoms with Gasteiger partial charge < -0.3 is 9.64 Å². The summed E-state index contributed by atoms with van der Waals surface area (Å²) in [6.45, 7) is 1.14. The largest absolute Gasteiger partial charge is 0.497 e. The van der Waals surface area contributed by atoms with Crippen LogP contribution in [0.4, 0.5) is 0 Å². The number of benzene rings is 1. The maximum atomic E-state index is 12.7. The molecule has 1 aromatic carbocycles. The predicted octanol–water partition coefficient (Wildman–Crippen LogP) is 2.48. The van der Waals surface area contributed by atoms with E-state index in [0.717, 1.165) is 29.6 Å². The number of H-pyrrole nitrogens is 1. The van der Waals surface area contributed by atoms with Crippen molar-refractivity contribution in [2.45, 2.75) is 25.3 Å². The Balaban J connectivity index is 1.56. The third-order valence-corrected chi connectivity index (χ3v) is 5.44. The number of hydrogen-bond acceptors (Lipinski definition) is 4. The predicted molar refractivity (Wildman–Crippen MR) is 84.2 cm³/mol. The number of rotatable bonds is 4. The molecule has 2 heterocycles. The minimum Gasteiger partial charge on any atom is -0.497 e. The van der Waals surface area contributed by atoms with Crippen LogP contribution in [0.15, 0.2) is 18.2 Å². The maximum absolute atomic E-state index is 12.7. The minimum absolute atomic E-state index is 0.153. The lowest BCUT2D eigenvalue weighted by molar-refractivity contribution is 0.0927. The summed E-state index contributed by atoms with van der Waals surface area (Å²) < 4.78 is 5.25. The summed E-state index contributed by atoms with van der Waals surface area (Å²) in [5.41, 5.74) is 1.45. The normalized spacial score (nSPS) is 27.6. The number of ether oxygens (including phenoxy) is 1. The zero-order valence-corrected chi connectivity index (χ0v) is 13.0. The van der Waals surface area contributed by atoms with E-state index in [-0.39, 0.29) is 5.78 Å². The SMILES string of the molecule is COc1ccc2[nH]nc(C(=O)CC3CC4CC3CN4C)c2c1. The van der Waals surface area contributed by atoms with Crippen molar-refractivity contribution >= 4 is 16.7 Å². The van der Waals surface area contributed by atoms with Gasteiger partial charge in [0.2, 0.25) is 0 Å². The van der Waals surface area contributed by atoms with Crippen molar-refractivity contribution in [2.75, 3.05) is 20.7 Å². The van der Waals surface area contributed by atoms with E-state index in [0.29, 0.717) is 30.0 Å². The van der Waals surface area contributed by atoms with E-state index in [1.807, 2.05) is 18.2 Å². The Bertz CT molecular complexity index is 722. The van der Waals surface area contributed by atoms with Crippen LogP contribution >= 0.6 is 0 Å². The zero-order valence-electron chi connectivity index (χ0n) is 13.0. The number of likely N-dealkylation sites (tertiary alicyclic amines) is 1. The number of aromatic amines is 1. The second kappa shape index (κ2) is 5.09. The van der Waals surface area contributed by atoms with E-state index in [2.05, 4.69) is 22.1 Å². The molecule has 3 unspecified atom stereocenters. The van der Waals surface area contributed by atoms with Gasteiger partial charge in [-0.25, -0.2) is 0 Å². The molecule has 2 aromatic rings. The van der Waals surface area contributed by atoms with Gasteiger partial charge in [-0.05, 0) is 49.9 Å². The van der Waals surface area contributed by atoms with Gasteiger partial charge in [0.05, 0.1) is 12.6 Å². The summed E-state index contributed by atoms with van der Waals surface area (Å²) in [7, 11) is 3.82. The number of methoxy groups -OCH3 is 1. The van der Waals surface area contributed by atoms with Gasteiger partial charge in [-0.1, -0.05) is 0 Å². The molecule has 0 radical (unpaired) electrons. The molecule has 2 aliphatic rings. The molecule has 5 heteroatoms. The molecule has 2 fully saturated rings. The molecule has 2 bridgehead atoms. The number of Topliss-reactive ketones (excluding diaryl/α,β-unsaturated/α-hetero) is 1. The molecule has 0 amide bonds. The third-order valence-electron chi connectivity index (χ3n) is 5.44. The number of carbonyl (C=O) groups excluding carboxylic acids is 1. The number of aromatic nitrogens is 2. The van der Waals surface area contributed by atoms with E-state index in [1.54, 1.807) is 7.11 Å². The van der Waals surface area contributed by atoms with Crippen LogP contribution in [0.3, 0.4) is 0 Å². The summed E-state index contributed by atoms with van der Waals surface area (Å²) in [4.78, 5) is 15.1. The Morgan fingerprint density at radius 2 is 2.32 bits per heavy atom. The minimum atomic E-state index is 0.153. The fourth-order valence-electron chi connectivity index (χ4n) is 4.20. The first kappa shape index (κ1) is 13.8. The van der Waals surface area contributed by atoms with Gasteiger partial charge in [-0.3, -0.25) is 9.89 Å². The smallest absolute Gasteiger partial charge is 0.183 e. The highest BCUT2D eigenvalue weighted by Crippen LogP contribution is 2.43. The molecular formula is C17H21N3O2. The van der Waals surface area contributed by atoms with Gasteiger partial charge in [0, 0.05) is 24.4 Å². The number of hydrogen-bond donors (Lipinski definition) is 1. The first-order chi connectivity index (χ1) is 10.7. The molecule has 0 spiro atoms. The van der Waals surface area contributed by atoms with Gasteiger partial charge in [0.15, 0.2) is 5.78 Å². The van der Waals surface area contributed by atoms with Crippen molar-refractivity contribution < 1.29 is 9.53 Å². The van der Waals surface area contributed by atoms with E-state index in [1.165, 1.54) is 6.42 Å². The highest BCUT2D eigenvalue weighted by molar-refractivity contribution is 6.06. The van der Waals surface area contributed by atoms with Crippen LogP contribution in [-0.2, 0) is 0 Å². The summed E-state index contributed by atoms with van der Waals surface area (Å²) in [5, 5.41) is 8.07. The molecule has 4 rings (SSSR count). The summed E-state index contributed by atoms with van der Waals surface area (Å²) in [5.74, 6) is 2.11. The van der Waals surface area contributed by atoms with Gasteiger partial charge in [0.1, 0.15) is 11.4 Å². The van der Waals surface area contributed by atoms with Crippen LogP contribution in [0.5, 0.6) is 5.75 Å². The second-order valence-electron chi connectivity index (χ2n) is 6.70. The molecular weight excluding hydrogens is 278 g/mol. The monoisotopic (exact) mass is 299 g/mol. The van der Waals surface area contributed by atoms with Crippen LogP contribution in [0.25, 0.3) is 10.9 Å². The Labute approximate surface area is 129 Å². The fraction of sp³-hybridized carbons (Fsp3) is 0.529. The Hall–Kier alpha value is -1.88. The molecule has 116 valence electrons. The van der Waals surface area contributed by atoms with Gasteiger partial charge in [0.25, 0.3) is 0 Å². The van der Waals surface area contributed by atoms with Crippen molar-refractivity contribution in [1.82, 2.24) is 15.1 Å². The Morgan fingerprint density at radius 3 is 3.00 bits per heavy atom. The summed E-state index contributed by atoms with van der Waals surface area (Å²) in [6, 6.07) is 6.35. The lowest BCUT2D eigenvalue weighted by Crippen LogP contribution is -2.32. The fourth-order valence-corrected chi connectivity index (χ4v) is 4.20. The molecule has 1 saturated carbocycles. The molecule has 1 saturated heterocycles. The number of ketones is 1. The Morgan fingerprint density at radius 1 is 1.45 bits per heavy atom. The van der Waals surface area contributed by atoms with Gasteiger partial charge in [-0.15, -0.1) is 0 Å². The highest BCUT2D eigenvalue weighted by atomic mass is 16.5.